The second kappa shape index (κ2) is 10.2. The molecule has 2 fully saturated rings. The van der Waals surface area contributed by atoms with Gasteiger partial charge in [-0.3, -0.25) is 9.59 Å². The molecule has 2 aromatic carbocycles. The van der Waals surface area contributed by atoms with E-state index in [0.717, 1.165) is 17.7 Å². The fraction of sp³-hybridized carbons (Fsp3) is 0.440. The van der Waals surface area contributed by atoms with E-state index < -0.39 is 15.9 Å². The number of hydrogen-bond donors (Lipinski definition) is 0. The van der Waals surface area contributed by atoms with Crippen LogP contribution in [0.25, 0.3) is 0 Å². The zero-order valence-corrected chi connectivity index (χ0v) is 21.9. The number of hydrogen-bond acceptors (Lipinski definition) is 4. The molecule has 2 aliphatic heterocycles. The lowest BCUT2D eigenvalue weighted by Crippen LogP contribution is -2.52. The molecule has 0 N–H and O–H groups in total. The van der Waals surface area contributed by atoms with E-state index in [1.165, 1.54) is 4.31 Å². The normalized spacial score (nSPS) is 20.6. The number of anilines is 1. The van der Waals surface area contributed by atoms with Crippen LogP contribution in [0.4, 0.5) is 5.69 Å². The predicted octanol–water partition coefficient (Wildman–Crippen LogP) is 3.85. The van der Waals surface area contributed by atoms with Gasteiger partial charge in [0.2, 0.25) is 21.8 Å². The molecule has 2 amide bonds. The van der Waals surface area contributed by atoms with Crippen molar-refractivity contribution in [2.24, 2.45) is 5.92 Å². The highest BCUT2D eigenvalue weighted by Gasteiger charge is 2.40. The van der Waals surface area contributed by atoms with Crippen molar-refractivity contribution in [2.45, 2.75) is 37.5 Å². The lowest BCUT2D eigenvalue weighted by atomic mass is 9.96. The Morgan fingerprint density at radius 3 is 2.38 bits per heavy atom. The predicted molar refractivity (Wildman–Crippen MR) is 135 cm³/mol. The molecule has 0 radical (unpaired) electrons. The maximum Gasteiger partial charge on any atom is 0.244 e. The number of benzene rings is 2. The fourth-order valence-electron chi connectivity index (χ4n) is 4.68. The van der Waals surface area contributed by atoms with Gasteiger partial charge in [-0.25, -0.2) is 8.42 Å². The molecule has 0 aromatic heterocycles. The van der Waals surface area contributed by atoms with Gasteiger partial charge in [0, 0.05) is 49.3 Å². The molecule has 182 valence electrons. The van der Waals surface area contributed by atoms with Crippen LogP contribution in [0, 0.1) is 5.92 Å². The van der Waals surface area contributed by atoms with Gasteiger partial charge in [0.1, 0.15) is 0 Å². The molecule has 0 bridgehead atoms. The topological polar surface area (TPSA) is 78.0 Å². The maximum atomic E-state index is 13.2. The van der Waals surface area contributed by atoms with Crippen molar-refractivity contribution >= 4 is 43.5 Å². The molecule has 34 heavy (non-hydrogen) atoms. The van der Waals surface area contributed by atoms with E-state index in [1.807, 2.05) is 18.2 Å². The van der Waals surface area contributed by atoms with Crippen LogP contribution in [0.2, 0.25) is 0 Å². The Morgan fingerprint density at radius 1 is 1.06 bits per heavy atom. The van der Waals surface area contributed by atoms with Crippen LogP contribution in [-0.4, -0.2) is 62.2 Å². The molecular formula is C25H30BrN3O4S. The van der Waals surface area contributed by atoms with Crippen LogP contribution in [0.1, 0.15) is 38.2 Å². The minimum atomic E-state index is -3.64. The van der Waals surface area contributed by atoms with E-state index in [0.29, 0.717) is 30.0 Å². The zero-order valence-electron chi connectivity index (χ0n) is 19.5. The Morgan fingerprint density at radius 2 is 1.71 bits per heavy atom. The van der Waals surface area contributed by atoms with Crippen molar-refractivity contribution in [2.75, 3.05) is 37.6 Å². The molecule has 0 aliphatic carbocycles. The zero-order chi connectivity index (χ0) is 24.5. The minimum absolute atomic E-state index is 0.0377. The molecule has 0 unspecified atom stereocenters. The van der Waals surface area contributed by atoms with Crippen LogP contribution in [0.3, 0.4) is 0 Å². The van der Waals surface area contributed by atoms with Gasteiger partial charge in [-0.1, -0.05) is 44.2 Å². The molecule has 2 aliphatic rings. The van der Waals surface area contributed by atoms with E-state index in [-0.39, 0.29) is 36.2 Å². The van der Waals surface area contributed by atoms with Gasteiger partial charge in [0.25, 0.3) is 0 Å². The largest absolute Gasteiger partial charge is 0.340 e. The van der Waals surface area contributed by atoms with Gasteiger partial charge in [0.15, 0.2) is 0 Å². The van der Waals surface area contributed by atoms with Gasteiger partial charge in [0.05, 0.1) is 10.8 Å². The second-order valence-corrected chi connectivity index (χ2v) is 11.7. The molecule has 7 nitrogen and oxygen atoms in total. The summed E-state index contributed by atoms with van der Waals surface area (Å²) in [4.78, 5) is 29.8. The third-order valence-corrected chi connectivity index (χ3v) is 9.76. The Hall–Kier alpha value is -2.23. The summed E-state index contributed by atoms with van der Waals surface area (Å²) in [7, 11) is -3.64. The summed E-state index contributed by atoms with van der Waals surface area (Å²) in [5, 5.41) is 0. The molecule has 0 spiro atoms. The Balaban J connectivity index is 1.42. The molecule has 4 rings (SSSR count). The smallest absolute Gasteiger partial charge is 0.244 e. The number of sulfonamides is 1. The SMILES string of the molecule is CC[C@@H](C)c1ccccc1N1C[C@H](C(=O)N2CCN(S(=O)(=O)c3ccccc3Br)CC2)CC1=O. The second-order valence-electron chi connectivity index (χ2n) is 8.93. The first-order valence-corrected chi connectivity index (χ1v) is 13.9. The monoisotopic (exact) mass is 547 g/mol. The summed E-state index contributed by atoms with van der Waals surface area (Å²) < 4.78 is 28.0. The summed E-state index contributed by atoms with van der Waals surface area (Å²) in [6.45, 7) is 5.72. The average Bonchev–Trinajstić information content (AvgIpc) is 3.24. The number of piperazine rings is 1. The van der Waals surface area contributed by atoms with Crippen LogP contribution >= 0.6 is 15.9 Å². The molecule has 2 aromatic rings. The van der Waals surface area contributed by atoms with Gasteiger partial charge >= 0.3 is 0 Å². The van der Waals surface area contributed by atoms with Gasteiger partial charge in [-0.15, -0.1) is 0 Å². The number of carbonyl (C=O) groups is 2. The van der Waals surface area contributed by atoms with Crippen molar-refractivity contribution in [1.29, 1.82) is 0 Å². The first kappa shape index (κ1) is 24.9. The van der Waals surface area contributed by atoms with E-state index in [9.17, 15) is 18.0 Å². The summed E-state index contributed by atoms with van der Waals surface area (Å²) in [5.74, 6) is -0.207. The molecule has 0 saturated carbocycles. The van der Waals surface area contributed by atoms with Crippen molar-refractivity contribution < 1.29 is 18.0 Å². The molecular weight excluding hydrogens is 518 g/mol. The molecule has 2 atom stereocenters. The van der Waals surface area contributed by atoms with E-state index in [4.69, 9.17) is 0 Å². The molecule has 2 saturated heterocycles. The van der Waals surface area contributed by atoms with Crippen LogP contribution < -0.4 is 4.90 Å². The number of para-hydroxylation sites is 1. The summed E-state index contributed by atoms with van der Waals surface area (Å²) >= 11 is 3.32. The number of carbonyl (C=O) groups excluding carboxylic acids is 2. The standard InChI is InChI=1S/C25H30BrN3O4S/c1-3-18(2)20-8-4-6-10-22(20)29-17-19(16-24(29)30)25(31)27-12-14-28(15-13-27)34(32,33)23-11-7-5-9-21(23)26/h4-11,18-19H,3,12-17H2,1-2H3/t18-,19-/m1/s1. The highest BCUT2D eigenvalue weighted by molar-refractivity contribution is 9.10. The number of amides is 2. The van der Waals surface area contributed by atoms with Crippen molar-refractivity contribution in [3.63, 3.8) is 0 Å². The average molecular weight is 549 g/mol. The molecule has 9 heteroatoms. The van der Waals surface area contributed by atoms with E-state index in [2.05, 4.69) is 35.8 Å². The number of halogens is 1. The van der Waals surface area contributed by atoms with E-state index in [1.54, 1.807) is 34.1 Å². The van der Waals surface area contributed by atoms with Gasteiger partial charge < -0.3 is 9.80 Å². The van der Waals surface area contributed by atoms with Crippen LogP contribution in [0.15, 0.2) is 57.9 Å². The van der Waals surface area contributed by atoms with Gasteiger partial charge in [-0.2, -0.15) is 4.31 Å². The van der Waals surface area contributed by atoms with Crippen LogP contribution in [-0.2, 0) is 19.6 Å². The lowest BCUT2D eigenvalue weighted by Gasteiger charge is -2.35. The Bertz CT molecular complexity index is 1180. The Labute approximate surface area is 209 Å². The quantitative estimate of drug-likeness (QED) is 0.550. The minimum Gasteiger partial charge on any atom is -0.340 e. The fourth-order valence-corrected chi connectivity index (χ4v) is 7.06. The Kier molecular flexibility index (Phi) is 7.45. The van der Waals surface area contributed by atoms with Crippen molar-refractivity contribution in [1.82, 2.24) is 9.21 Å². The highest BCUT2D eigenvalue weighted by Crippen LogP contribution is 2.34. The van der Waals surface area contributed by atoms with E-state index >= 15 is 0 Å². The lowest BCUT2D eigenvalue weighted by molar-refractivity contribution is -0.136. The highest BCUT2D eigenvalue weighted by atomic mass is 79.9. The summed E-state index contributed by atoms with van der Waals surface area (Å²) in [5.41, 5.74) is 2.01. The third-order valence-electron chi connectivity index (χ3n) is 6.85. The van der Waals surface area contributed by atoms with Crippen LogP contribution in [0.5, 0.6) is 0 Å². The molecule has 2 heterocycles. The summed E-state index contributed by atoms with van der Waals surface area (Å²) in [6, 6.07) is 14.7. The first-order chi connectivity index (χ1) is 16.2. The van der Waals surface area contributed by atoms with Crippen molar-refractivity contribution in [3.05, 3.63) is 58.6 Å². The van der Waals surface area contributed by atoms with Gasteiger partial charge in [-0.05, 0) is 52.0 Å². The summed E-state index contributed by atoms with van der Waals surface area (Å²) in [6.07, 6.45) is 1.15. The number of nitrogens with zero attached hydrogens (tertiary/aromatic N) is 3. The first-order valence-electron chi connectivity index (χ1n) is 11.7. The number of rotatable bonds is 6. The maximum absolute atomic E-state index is 13.2. The third kappa shape index (κ3) is 4.78. The van der Waals surface area contributed by atoms with Crippen molar-refractivity contribution in [3.8, 4) is 0 Å².